The van der Waals surface area contributed by atoms with Gasteiger partial charge in [-0.2, -0.15) is 5.26 Å². The molecular formula is C31H28F2N6O3S. The lowest BCUT2D eigenvalue weighted by Gasteiger charge is -2.37. The van der Waals surface area contributed by atoms with E-state index in [1.807, 2.05) is 22.9 Å². The first-order valence-corrected chi connectivity index (χ1v) is 15.0. The molecule has 43 heavy (non-hydrogen) atoms. The number of nitriles is 1. The third kappa shape index (κ3) is 4.97. The fourth-order valence-electron chi connectivity index (χ4n) is 6.07. The molecule has 0 aliphatic carbocycles. The van der Waals surface area contributed by atoms with Crippen LogP contribution in [0.5, 0.6) is 0 Å². The number of piperazine rings is 1. The van der Waals surface area contributed by atoms with Crippen LogP contribution in [0.3, 0.4) is 0 Å². The van der Waals surface area contributed by atoms with E-state index in [0.29, 0.717) is 84.0 Å². The number of benzene rings is 2. The van der Waals surface area contributed by atoms with E-state index in [4.69, 9.17) is 14.5 Å². The summed E-state index contributed by atoms with van der Waals surface area (Å²) in [7, 11) is 1.84. The van der Waals surface area contributed by atoms with Crippen LogP contribution in [-0.4, -0.2) is 67.2 Å². The highest BCUT2D eigenvalue weighted by molar-refractivity contribution is 7.16. The Morgan fingerprint density at radius 3 is 2.60 bits per heavy atom. The monoisotopic (exact) mass is 602 g/mol. The molecule has 3 aliphatic heterocycles. The maximum absolute atomic E-state index is 15.8. The van der Waals surface area contributed by atoms with Gasteiger partial charge < -0.3 is 24.2 Å². The van der Waals surface area contributed by atoms with Crippen molar-refractivity contribution in [1.29, 1.82) is 5.26 Å². The van der Waals surface area contributed by atoms with Gasteiger partial charge in [0.05, 0.1) is 37.1 Å². The van der Waals surface area contributed by atoms with Crippen molar-refractivity contribution in [3.8, 4) is 17.3 Å². The number of hydrogen-bond donors (Lipinski definition) is 0. The lowest BCUT2D eigenvalue weighted by molar-refractivity contribution is -0.135. The number of carbonyl (C=O) groups is 1. The number of ether oxygens (including phenoxy) is 2. The number of aromatic nitrogens is 2. The highest BCUT2D eigenvalue weighted by atomic mass is 32.1. The van der Waals surface area contributed by atoms with Crippen LogP contribution in [0.1, 0.15) is 22.6 Å². The number of anilines is 3. The van der Waals surface area contributed by atoms with Crippen LogP contribution < -0.4 is 9.80 Å². The number of nitrogens with zero attached hydrogens (tertiary/aromatic N) is 6. The molecule has 0 radical (unpaired) electrons. The molecule has 0 bridgehead atoms. The Labute approximate surface area is 250 Å². The van der Waals surface area contributed by atoms with E-state index >= 15 is 4.39 Å². The minimum atomic E-state index is -0.442. The van der Waals surface area contributed by atoms with Gasteiger partial charge in [0.25, 0.3) is 0 Å². The van der Waals surface area contributed by atoms with Crippen molar-refractivity contribution < 1.29 is 23.0 Å². The smallest absolute Gasteiger partial charge is 0.228 e. The summed E-state index contributed by atoms with van der Waals surface area (Å²) in [6.45, 7) is 3.96. The van der Waals surface area contributed by atoms with Crippen LogP contribution in [0, 0.1) is 28.9 Å². The van der Waals surface area contributed by atoms with Crippen molar-refractivity contribution in [3.63, 3.8) is 0 Å². The Balaban J connectivity index is 1.25. The van der Waals surface area contributed by atoms with Crippen molar-refractivity contribution in [2.24, 2.45) is 5.92 Å². The lowest BCUT2D eigenvalue weighted by atomic mass is 10.0. The minimum Gasteiger partial charge on any atom is -0.381 e. The van der Waals surface area contributed by atoms with Crippen molar-refractivity contribution in [1.82, 2.24) is 14.9 Å². The lowest BCUT2D eigenvalue weighted by Crippen LogP contribution is -2.50. The zero-order valence-electron chi connectivity index (χ0n) is 23.5. The van der Waals surface area contributed by atoms with Gasteiger partial charge in [-0.25, -0.2) is 18.7 Å². The summed E-state index contributed by atoms with van der Waals surface area (Å²) in [5, 5.41) is 11.0. The van der Waals surface area contributed by atoms with E-state index in [2.05, 4.69) is 16.0 Å². The van der Waals surface area contributed by atoms with Crippen molar-refractivity contribution in [3.05, 3.63) is 64.2 Å². The number of rotatable bonds is 5. The molecule has 0 saturated carbocycles. The molecule has 1 atom stereocenters. The van der Waals surface area contributed by atoms with Crippen molar-refractivity contribution >= 4 is 44.7 Å². The summed E-state index contributed by atoms with van der Waals surface area (Å²) in [5.74, 6) is -0.759. The summed E-state index contributed by atoms with van der Waals surface area (Å²) in [6.07, 6.45) is 0.757. The van der Waals surface area contributed by atoms with Gasteiger partial charge in [-0.15, -0.1) is 0 Å². The predicted molar refractivity (Wildman–Crippen MR) is 158 cm³/mol. The Kier molecular flexibility index (Phi) is 7.17. The maximum atomic E-state index is 15.8. The van der Waals surface area contributed by atoms with E-state index in [1.54, 1.807) is 12.1 Å². The van der Waals surface area contributed by atoms with Gasteiger partial charge in [0, 0.05) is 62.0 Å². The number of pyridine rings is 1. The molecule has 2 aromatic heterocycles. The Hall–Kier alpha value is -4.18. The molecule has 0 spiro atoms. The molecule has 2 fully saturated rings. The second-order valence-corrected chi connectivity index (χ2v) is 11.9. The topological polar surface area (TPSA) is 94.8 Å². The van der Waals surface area contributed by atoms with Gasteiger partial charge in [-0.1, -0.05) is 11.3 Å². The molecule has 2 saturated heterocycles. The fourth-order valence-corrected chi connectivity index (χ4v) is 6.92. The third-order valence-corrected chi connectivity index (χ3v) is 9.40. The summed E-state index contributed by atoms with van der Waals surface area (Å²) < 4.78 is 40.5. The molecule has 4 aromatic rings. The second-order valence-electron chi connectivity index (χ2n) is 10.9. The Bertz CT molecular complexity index is 1760. The molecule has 9 nitrogen and oxygen atoms in total. The van der Waals surface area contributed by atoms with Gasteiger partial charge in [0.2, 0.25) is 5.91 Å². The number of carbonyl (C=O) groups excluding carboxylic acids is 1. The molecule has 3 aliphatic rings. The minimum absolute atomic E-state index is 0.0749. The fraction of sp³-hybridized carbons (Fsp3) is 0.355. The van der Waals surface area contributed by atoms with Crippen LogP contribution in [0.15, 0.2) is 36.4 Å². The van der Waals surface area contributed by atoms with Crippen LogP contribution >= 0.6 is 11.3 Å². The molecule has 12 heteroatoms. The van der Waals surface area contributed by atoms with Gasteiger partial charge in [-0.05, 0) is 42.8 Å². The highest BCUT2D eigenvalue weighted by Crippen LogP contribution is 2.43. The summed E-state index contributed by atoms with van der Waals surface area (Å²) >= 11 is 1.21. The molecule has 0 N–H and O–H groups in total. The zero-order chi connectivity index (χ0) is 29.7. The van der Waals surface area contributed by atoms with E-state index in [-0.39, 0.29) is 29.8 Å². The largest absolute Gasteiger partial charge is 0.381 e. The van der Waals surface area contributed by atoms with Gasteiger partial charge in [0.15, 0.2) is 10.9 Å². The molecule has 7 rings (SSSR count). The number of fused-ring (bicyclic) bond motifs is 2. The quantitative estimate of drug-likeness (QED) is 0.315. The van der Waals surface area contributed by atoms with Crippen LogP contribution in [-0.2, 0) is 27.5 Å². The van der Waals surface area contributed by atoms with Crippen LogP contribution in [0.4, 0.5) is 25.3 Å². The molecular weight excluding hydrogens is 574 g/mol. The Morgan fingerprint density at radius 2 is 1.88 bits per heavy atom. The second kappa shape index (κ2) is 11.1. The first-order chi connectivity index (χ1) is 20.9. The molecule has 2 aromatic carbocycles. The Morgan fingerprint density at radius 1 is 1.09 bits per heavy atom. The van der Waals surface area contributed by atoms with Crippen LogP contribution in [0.25, 0.3) is 22.2 Å². The average molecular weight is 603 g/mol. The van der Waals surface area contributed by atoms with Gasteiger partial charge in [-0.3, -0.25) is 4.79 Å². The number of amides is 1. The highest BCUT2D eigenvalue weighted by Gasteiger charge is 2.31. The van der Waals surface area contributed by atoms with Gasteiger partial charge in [0.1, 0.15) is 28.0 Å². The van der Waals surface area contributed by atoms with Crippen molar-refractivity contribution in [2.75, 3.05) is 56.2 Å². The van der Waals surface area contributed by atoms with E-state index < -0.39 is 5.82 Å². The number of thiazole rings is 1. The SMILES string of the molecule is CN(c1nc(-c2ccc(F)cc2)c(C#N)s1)c1c2c(nc3c(F)cc(N4CCN(C(=O)C5CCOC5)CC4)cc13)COC2. The summed E-state index contributed by atoms with van der Waals surface area (Å²) in [4.78, 5) is 28.5. The normalized spacial score (nSPS) is 18.2. The van der Waals surface area contributed by atoms with Gasteiger partial charge >= 0.3 is 0 Å². The number of halogens is 2. The van der Waals surface area contributed by atoms with Crippen molar-refractivity contribution in [2.45, 2.75) is 19.6 Å². The standard InChI is InChI=1S/C31H28F2N6O3S/c1-37(31-36-27(26(14-34)43-31)18-2-4-20(32)5-3-18)29-22-12-21(13-24(33)28(22)35-25-17-42-16-23(25)29)38-7-9-39(10-8-38)30(40)19-6-11-41-15-19/h2-5,12-13,19H,6-11,15-17H2,1H3. The first kappa shape index (κ1) is 27.6. The van der Waals surface area contributed by atoms with E-state index in [0.717, 1.165) is 17.7 Å². The third-order valence-electron chi connectivity index (χ3n) is 8.36. The predicted octanol–water partition coefficient (Wildman–Crippen LogP) is 4.99. The first-order valence-electron chi connectivity index (χ1n) is 14.2. The molecule has 5 heterocycles. The van der Waals surface area contributed by atoms with Crippen LogP contribution in [0.2, 0.25) is 0 Å². The summed E-state index contributed by atoms with van der Waals surface area (Å²) in [6, 6.07) is 11.5. The average Bonchev–Trinajstić information content (AvgIpc) is 3.81. The molecule has 1 amide bonds. The summed E-state index contributed by atoms with van der Waals surface area (Å²) in [5.41, 5.74) is 4.27. The molecule has 220 valence electrons. The number of hydrogen-bond acceptors (Lipinski definition) is 9. The molecule has 1 unspecified atom stereocenters. The zero-order valence-corrected chi connectivity index (χ0v) is 24.3. The van der Waals surface area contributed by atoms with E-state index in [9.17, 15) is 14.4 Å². The van der Waals surface area contributed by atoms with E-state index in [1.165, 1.54) is 29.5 Å². The maximum Gasteiger partial charge on any atom is 0.228 e.